The Hall–Kier alpha value is -3.32. The summed E-state index contributed by atoms with van der Waals surface area (Å²) < 4.78 is 12.7. The topological polar surface area (TPSA) is 79.3 Å². The fourth-order valence-electron chi connectivity index (χ4n) is 8.79. The van der Waals surface area contributed by atoms with Crippen LogP contribution in [0.15, 0.2) is 49.1 Å². The molecule has 1 spiro atoms. The highest BCUT2D eigenvalue weighted by Crippen LogP contribution is 2.65. The number of Topliss-reactive ketones (excluding diaryl/α,β-unsaturated/α-hetero) is 1. The second-order valence-electron chi connectivity index (χ2n) is 12.9. The van der Waals surface area contributed by atoms with Crippen molar-refractivity contribution in [2.75, 3.05) is 26.7 Å². The molecular formula is C36H46N2O5. The molecule has 0 aromatic heterocycles. The number of hydrogen-bond acceptors (Lipinski definition) is 6. The average molecular weight is 587 g/mol. The zero-order valence-electron chi connectivity index (χ0n) is 25.7. The lowest BCUT2D eigenvalue weighted by Gasteiger charge is -2.60. The van der Waals surface area contributed by atoms with E-state index in [1.54, 1.807) is 13.2 Å². The molecule has 1 N–H and O–H groups in total. The second kappa shape index (κ2) is 12.4. The fourth-order valence-corrected chi connectivity index (χ4v) is 8.79. The van der Waals surface area contributed by atoms with Gasteiger partial charge in [-0.2, -0.15) is 0 Å². The van der Waals surface area contributed by atoms with E-state index in [2.05, 4.69) is 23.3 Å². The summed E-state index contributed by atoms with van der Waals surface area (Å²) in [4.78, 5) is 31.2. The number of nitrogens with zero attached hydrogens (tertiary/aromatic N) is 2. The molecule has 1 saturated carbocycles. The van der Waals surface area contributed by atoms with Gasteiger partial charge in [0.15, 0.2) is 17.3 Å². The van der Waals surface area contributed by atoms with Crippen LogP contribution in [0.25, 0.3) is 0 Å². The number of piperidine rings is 1. The standard InChI is InChI=1S/C36H46N2O5/c1-4-6-20-38(32(41)15-11-10-14-29(39)24-12-8-7-9-13-24)27-17-16-26-28-22-25-30(40)23-31(42-3)34-33(25)36(26,35(27)43-34)18-21-37(28)19-5-2/h5,7-9,12-13,23,26-28,35,40H,2,4,6,10-11,14-22H2,1,3H3/t26-,27-,28+,35-,36-/m0/s1. The van der Waals surface area contributed by atoms with E-state index in [0.717, 1.165) is 74.1 Å². The molecule has 6 rings (SSSR count). The van der Waals surface area contributed by atoms with Crippen LogP contribution in [0.1, 0.15) is 86.2 Å². The first kappa shape index (κ1) is 29.7. The largest absolute Gasteiger partial charge is 0.508 e. The summed E-state index contributed by atoms with van der Waals surface area (Å²) in [7, 11) is 1.63. The Kier molecular flexibility index (Phi) is 8.54. The predicted molar refractivity (Wildman–Crippen MR) is 167 cm³/mol. The van der Waals surface area contributed by atoms with E-state index in [0.29, 0.717) is 49.9 Å². The van der Waals surface area contributed by atoms with Crippen molar-refractivity contribution < 1.29 is 24.2 Å². The lowest BCUT2D eigenvalue weighted by Crippen LogP contribution is -2.69. The van der Waals surface area contributed by atoms with Crippen molar-refractivity contribution in [2.45, 2.75) is 94.7 Å². The van der Waals surface area contributed by atoms with Gasteiger partial charge < -0.3 is 19.5 Å². The normalized spacial score (nSPS) is 26.7. The summed E-state index contributed by atoms with van der Waals surface area (Å²) in [5, 5.41) is 11.2. The molecule has 1 amide bonds. The van der Waals surface area contributed by atoms with Crippen LogP contribution in [0.5, 0.6) is 17.2 Å². The molecule has 7 nitrogen and oxygen atoms in total. The molecule has 230 valence electrons. The number of amides is 1. The van der Waals surface area contributed by atoms with Crippen molar-refractivity contribution in [3.8, 4) is 17.2 Å². The van der Waals surface area contributed by atoms with Crippen LogP contribution < -0.4 is 9.47 Å². The predicted octanol–water partition coefficient (Wildman–Crippen LogP) is 6.07. The number of ether oxygens (including phenoxy) is 2. The highest BCUT2D eigenvalue weighted by molar-refractivity contribution is 5.96. The first-order valence-electron chi connectivity index (χ1n) is 16.3. The Morgan fingerprint density at radius 3 is 2.72 bits per heavy atom. The van der Waals surface area contributed by atoms with Gasteiger partial charge in [0, 0.05) is 60.1 Å². The van der Waals surface area contributed by atoms with E-state index >= 15 is 0 Å². The SMILES string of the molecule is C=CCN1CC[C@]23c4c5c(O)cc(OC)c4O[C@H]2[C@@H](N(CCCC)C(=O)CCCCC(=O)c2ccccc2)CC[C@H]3[C@H]1C5. The second-order valence-corrected chi connectivity index (χ2v) is 12.9. The van der Waals surface area contributed by atoms with E-state index in [1.165, 1.54) is 0 Å². The summed E-state index contributed by atoms with van der Waals surface area (Å²) in [6, 6.07) is 11.4. The number of benzene rings is 2. The molecule has 2 heterocycles. The number of phenols is 1. The number of carbonyl (C=O) groups is 2. The van der Waals surface area contributed by atoms with Crippen molar-refractivity contribution in [1.82, 2.24) is 9.80 Å². The smallest absolute Gasteiger partial charge is 0.222 e. The Labute approximate surface area is 255 Å². The van der Waals surface area contributed by atoms with Crippen LogP contribution in [0.4, 0.5) is 0 Å². The minimum atomic E-state index is -0.257. The van der Waals surface area contributed by atoms with Crippen molar-refractivity contribution >= 4 is 11.7 Å². The molecule has 4 aliphatic rings. The third-order valence-electron chi connectivity index (χ3n) is 10.7. The monoisotopic (exact) mass is 586 g/mol. The van der Waals surface area contributed by atoms with E-state index < -0.39 is 0 Å². The number of ketones is 1. The van der Waals surface area contributed by atoms with E-state index in [1.807, 2.05) is 36.4 Å². The number of likely N-dealkylation sites (tertiary alicyclic amines) is 1. The Morgan fingerprint density at radius 2 is 1.98 bits per heavy atom. The number of phenolic OH excluding ortho intramolecular Hbond substituents is 1. The van der Waals surface area contributed by atoms with Gasteiger partial charge in [0.1, 0.15) is 11.9 Å². The lowest BCUT2D eigenvalue weighted by molar-refractivity contribution is -0.142. The van der Waals surface area contributed by atoms with Crippen LogP contribution in [0.2, 0.25) is 0 Å². The van der Waals surface area contributed by atoms with E-state index in [-0.39, 0.29) is 35.0 Å². The number of aromatic hydroxyl groups is 1. The zero-order chi connectivity index (χ0) is 30.1. The molecule has 0 unspecified atom stereocenters. The van der Waals surface area contributed by atoms with Crippen LogP contribution in [-0.2, 0) is 16.6 Å². The van der Waals surface area contributed by atoms with Gasteiger partial charge in [0.25, 0.3) is 0 Å². The fraction of sp³-hybridized carbons (Fsp3) is 0.556. The summed E-state index contributed by atoms with van der Waals surface area (Å²) in [6.45, 7) is 8.66. The minimum absolute atomic E-state index is 0.0435. The molecule has 2 aliphatic heterocycles. The molecule has 1 saturated heterocycles. The maximum absolute atomic E-state index is 14.0. The van der Waals surface area contributed by atoms with Crippen molar-refractivity contribution in [1.29, 1.82) is 0 Å². The maximum Gasteiger partial charge on any atom is 0.222 e. The maximum atomic E-state index is 14.0. The molecule has 43 heavy (non-hydrogen) atoms. The van der Waals surface area contributed by atoms with Gasteiger partial charge in [0.05, 0.1) is 13.2 Å². The summed E-state index contributed by atoms with van der Waals surface area (Å²) >= 11 is 0. The molecule has 5 atom stereocenters. The summed E-state index contributed by atoms with van der Waals surface area (Å²) in [5.41, 5.74) is 2.61. The van der Waals surface area contributed by atoms with Gasteiger partial charge in [-0.15, -0.1) is 6.58 Å². The van der Waals surface area contributed by atoms with Crippen LogP contribution >= 0.6 is 0 Å². The molecule has 2 fully saturated rings. The van der Waals surface area contributed by atoms with Gasteiger partial charge in [0.2, 0.25) is 5.91 Å². The molecular weight excluding hydrogens is 540 g/mol. The average Bonchev–Trinajstić information content (AvgIpc) is 3.37. The van der Waals surface area contributed by atoms with Gasteiger partial charge in [-0.1, -0.05) is 49.8 Å². The van der Waals surface area contributed by atoms with Crippen LogP contribution in [-0.4, -0.2) is 71.5 Å². The lowest BCUT2D eigenvalue weighted by atomic mass is 9.50. The Bertz CT molecular complexity index is 1360. The molecule has 2 aliphatic carbocycles. The number of hydrogen-bond donors (Lipinski definition) is 1. The highest BCUT2D eigenvalue weighted by atomic mass is 16.5. The van der Waals surface area contributed by atoms with Crippen molar-refractivity contribution in [3.05, 3.63) is 65.7 Å². The number of unbranched alkanes of at least 4 members (excludes halogenated alkanes) is 2. The molecule has 2 aromatic carbocycles. The highest BCUT2D eigenvalue weighted by Gasteiger charge is 2.67. The van der Waals surface area contributed by atoms with Gasteiger partial charge in [-0.05, 0) is 57.4 Å². The summed E-state index contributed by atoms with van der Waals surface area (Å²) in [6.07, 6.45) is 9.66. The van der Waals surface area contributed by atoms with Gasteiger partial charge in [-0.25, -0.2) is 0 Å². The third-order valence-corrected chi connectivity index (χ3v) is 10.7. The quantitative estimate of drug-likeness (QED) is 0.175. The van der Waals surface area contributed by atoms with E-state index in [4.69, 9.17) is 9.47 Å². The molecule has 2 aromatic rings. The zero-order valence-corrected chi connectivity index (χ0v) is 25.7. The Morgan fingerprint density at radius 1 is 1.19 bits per heavy atom. The summed E-state index contributed by atoms with van der Waals surface area (Å²) in [5.74, 6) is 2.32. The van der Waals surface area contributed by atoms with Crippen LogP contribution in [0.3, 0.4) is 0 Å². The first-order chi connectivity index (χ1) is 20.9. The molecule has 7 heteroatoms. The number of methoxy groups -OCH3 is 1. The van der Waals surface area contributed by atoms with Crippen molar-refractivity contribution in [2.24, 2.45) is 5.92 Å². The molecule has 0 radical (unpaired) electrons. The van der Waals surface area contributed by atoms with Gasteiger partial charge in [-0.3, -0.25) is 14.5 Å². The first-order valence-corrected chi connectivity index (χ1v) is 16.3. The number of rotatable bonds is 13. The minimum Gasteiger partial charge on any atom is -0.508 e. The number of carbonyl (C=O) groups excluding carboxylic acids is 2. The van der Waals surface area contributed by atoms with Crippen LogP contribution in [0, 0.1) is 5.92 Å². The van der Waals surface area contributed by atoms with Gasteiger partial charge >= 0.3 is 0 Å². The van der Waals surface area contributed by atoms with Crippen molar-refractivity contribution in [3.63, 3.8) is 0 Å². The molecule has 2 bridgehead atoms. The third kappa shape index (κ3) is 5.03. The Balaban J connectivity index is 1.26. The van der Waals surface area contributed by atoms with E-state index in [9.17, 15) is 14.7 Å².